The Labute approximate surface area is 310 Å². The van der Waals surface area contributed by atoms with E-state index in [1.54, 1.807) is 0 Å². The number of phosphoric acid groups is 1. The monoisotopic (exact) mass is 732 g/mol. The van der Waals surface area contributed by atoms with Crippen molar-refractivity contribution in [3.05, 3.63) is 12.2 Å². The minimum Gasteiger partial charge on any atom is -0.756 e. The number of rotatable bonds is 39. The summed E-state index contributed by atoms with van der Waals surface area (Å²) in [4.78, 5) is 25.0. The lowest BCUT2D eigenvalue weighted by atomic mass is 10.0. The smallest absolute Gasteiger partial charge is 0.306 e. The number of esters is 1. The van der Waals surface area contributed by atoms with E-state index in [1.165, 1.54) is 122 Å². The predicted molar refractivity (Wildman–Crippen MR) is 208 cm³/mol. The fraction of sp³-hybridized carbons (Fsp3) is 0.927. The van der Waals surface area contributed by atoms with Gasteiger partial charge in [-0.15, -0.1) is 0 Å². The molecular formula is C41H82NO7P. The zero-order valence-corrected chi connectivity index (χ0v) is 34.5. The highest BCUT2D eigenvalue weighted by Crippen LogP contribution is 2.38. The molecule has 0 aromatic carbocycles. The quantitative estimate of drug-likeness (QED) is 0.0204. The molecular weight excluding hydrogens is 649 g/mol. The molecule has 0 amide bonds. The lowest BCUT2D eigenvalue weighted by Gasteiger charge is -2.28. The number of carbonyl (C=O) groups is 1. The lowest BCUT2D eigenvalue weighted by Crippen LogP contribution is -2.37. The van der Waals surface area contributed by atoms with E-state index in [4.69, 9.17) is 18.5 Å². The van der Waals surface area contributed by atoms with E-state index in [0.717, 1.165) is 44.9 Å². The fourth-order valence-corrected chi connectivity index (χ4v) is 6.50. The molecule has 0 bridgehead atoms. The third-order valence-corrected chi connectivity index (χ3v) is 10.0. The molecule has 0 N–H and O–H groups in total. The van der Waals surface area contributed by atoms with Gasteiger partial charge in [-0.05, 0) is 38.5 Å². The molecule has 0 heterocycles. The van der Waals surface area contributed by atoms with Crippen molar-refractivity contribution < 1.29 is 37.3 Å². The van der Waals surface area contributed by atoms with Crippen molar-refractivity contribution in [3.63, 3.8) is 0 Å². The van der Waals surface area contributed by atoms with Crippen molar-refractivity contribution in [1.82, 2.24) is 0 Å². The summed E-state index contributed by atoms with van der Waals surface area (Å²) >= 11 is 0. The molecule has 0 fully saturated rings. The molecule has 0 aliphatic rings. The van der Waals surface area contributed by atoms with E-state index in [9.17, 15) is 14.3 Å². The van der Waals surface area contributed by atoms with E-state index in [2.05, 4.69) is 26.0 Å². The Morgan fingerprint density at radius 3 is 1.52 bits per heavy atom. The first-order valence-corrected chi connectivity index (χ1v) is 22.4. The minimum absolute atomic E-state index is 0.0275. The van der Waals surface area contributed by atoms with Gasteiger partial charge in [-0.2, -0.15) is 0 Å². The summed E-state index contributed by atoms with van der Waals surface area (Å²) in [6.45, 7) is 5.42. The second-order valence-electron chi connectivity index (χ2n) is 15.4. The van der Waals surface area contributed by atoms with E-state index in [-0.39, 0.29) is 25.8 Å². The van der Waals surface area contributed by atoms with Gasteiger partial charge in [0.15, 0.2) is 0 Å². The SMILES string of the molecule is CCCCCCCC/C=C\CCCCCCCC(=O)OC(COCCCCCCCCCCCCCCC)COP(=O)([O-])OCC[N+](C)(C)C. The van der Waals surface area contributed by atoms with Gasteiger partial charge >= 0.3 is 5.97 Å². The summed E-state index contributed by atoms with van der Waals surface area (Å²) in [6, 6.07) is 0. The van der Waals surface area contributed by atoms with Crippen LogP contribution in [-0.4, -0.2) is 70.7 Å². The largest absolute Gasteiger partial charge is 0.756 e. The molecule has 0 saturated heterocycles. The third kappa shape index (κ3) is 38.5. The average molecular weight is 732 g/mol. The van der Waals surface area contributed by atoms with E-state index in [0.29, 0.717) is 24.1 Å². The minimum atomic E-state index is -4.52. The van der Waals surface area contributed by atoms with Crippen molar-refractivity contribution >= 4 is 13.8 Å². The Morgan fingerprint density at radius 2 is 1.04 bits per heavy atom. The van der Waals surface area contributed by atoms with Crippen LogP contribution in [-0.2, 0) is 27.9 Å². The number of carbonyl (C=O) groups excluding carboxylic acids is 1. The van der Waals surface area contributed by atoms with Crippen molar-refractivity contribution in [3.8, 4) is 0 Å². The number of likely N-dealkylation sites (N-methyl/N-ethyl adjacent to an activating group) is 1. The van der Waals surface area contributed by atoms with Gasteiger partial charge in [0.1, 0.15) is 19.3 Å². The maximum absolute atomic E-state index is 12.6. The first-order chi connectivity index (χ1) is 24.1. The molecule has 0 aliphatic carbocycles. The number of hydrogen-bond acceptors (Lipinski definition) is 7. The summed E-state index contributed by atoms with van der Waals surface area (Å²) < 4.78 is 34.5. The van der Waals surface area contributed by atoms with Crippen LogP contribution in [0.5, 0.6) is 0 Å². The predicted octanol–water partition coefficient (Wildman–Crippen LogP) is 11.3. The molecule has 0 aromatic heterocycles. The second kappa shape index (κ2) is 35.3. The van der Waals surface area contributed by atoms with Crippen LogP contribution in [0.1, 0.15) is 187 Å². The summed E-state index contributed by atoms with van der Waals surface area (Å²) in [5.41, 5.74) is 0. The van der Waals surface area contributed by atoms with Gasteiger partial charge in [-0.1, -0.05) is 154 Å². The number of unbranched alkanes of at least 4 members (excludes halogenated alkanes) is 23. The van der Waals surface area contributed by atoms with Gasteiger partial charge in [0.2, 0.25) is 0 Å². The molecule has 8 nitrogen and oxygen atoms in total. The number of hydrogen-bond donors (Lipinski definition) is 0. The van der Waals surface area contributed by atoms with Gasteiger partial charge < -0.3 is 27.9 Å². The average Bonchev–Trinajstić information content (AvgIpc) is 3.06. The van der Waals surface area contributed by atoms with E-state index in [1.807, 2.05) is 21.1 Å². The van der Waals surface area contributed by atoms with Crippen molar-refractivity contribution in [2.24, 2.45) is 0 Å². The van der Waals surface area contributed by atoms with Crippen LogP contribution in [0.2, 0.25) is 0 Å². The normalized spacial score (nSPS) is 14.0. The molecule has 0 aromatic rings. The topological polar surface area (TPSA) is 94.1 Å². The Bertz CT molecular complexity index is 817. The number of ether oxygens (including phenoxy) is 2. The maximum atomic E-state index is 12.6. The van der Waals surface area contributed by atoms with Crippen LogP contribution in [0, 0.1) is 0 Å². The fourth-order valence-electron chi connectivity index (χ4n) is 5.78. The molecule has 298 valence electrons. The van der Waals surface area contributed by atoms with Gasteiger partial charge in [0.25, 0.3) is 7.82 Å². The maximum Gasteiger partial charge on any atom is 0.306 e. The summed E-state index contributed by atoms with van der Waals surface area (Å²) in [7, 11) is 1.36. The van der Waals surface area contributed by atoms with Crippen molar-refractivity contribution in [2.45, 2.75) is 193 Å². The molecule has 0 rings (SSSR count). The zero-order chi connectivity index (χ0) is 37.0. The van der Waals surface area contributed by atoms with Crippen LogP contribution in [0.4, 0.5) is 0 Å². The molecule has 2 unspecified atom stereocenters. The Morgan fingerprint density at radius 1 is 0.600 bits per heavy atom. The molecule has 0 spiro atoms. The Hall–Kier alpha value is -0.760. The van der Waals surface area contributed by atoms with E-state index >= 15 is 0 Å². The zero-order valence-electron chi connectivity index (χ0n) is 33.6. The number of quaternary nitrogens is 1. The highest BCUT2D eigenvalue weighted by Gasteiger charge is 2.20. The molecule has 0 saturated carbocycles. The van der Waals surface area contributed by atoms with Crippen LogP contribution in [0.25, 0.3) is 0 Å². The number of nitrogens with zero attached hydrogens (tertiary/aromatic N) is 1. The van der Waals surface area contributed by atoms with Crippen LogP contribution in [0.3, 0.4) is 0 Å². The molecule has 0 radical (unpaired) electrons. The van der Waals surface area contributed by atoms with Gasteiger partial charge in [0, 0.05) is 13.0 Å². The molecule has 50 heavy (non-hydrogen) atoms. The molecule has 2 atom stereocenters. The highest BCUT2D eigenvalue weighted by atomic mass is 31.2. The van der Waals surface area contributed by atoms with Gasteiger partial charge in [0.05, 0.1) is 34.4 Å². The number of phosphoric ester groups is 1. The summed E-state index contributed by atoms with van der Waals surface area (Å²) in [6.07, 6.45) is 36.4. The van der Waals surface area contributed by atoms with E-state index < -0.39 is 13.9 Å². The van der Waals surface area contributed by atoms with Crippen LogP contribution in [0.15, 0.2) is 12.2 Å². The summed E-state index contributed by atoms with van der Waals surface area (Å²) in [5.74, 6) is -0.340. The van der Waals surface area contributed by atoms with Crippen LogP contribution >= 0.6 is 7.82 Å². The summed E-state index contributed by atoms with van der Waals surface area (Å²) in [5, 5.41) is 0. The van der Waals surface area contributed by atoms with Gasteiger partial charge in [-0.3, -0.25) is 9.36 Å². The Kier molecular flexibility index (Phi) is 34.7. The van der Waals surface area contributed by atoms with Crippen LogP contribution < -0.4 is 4.89 Å². The third-order valence-electron chi connectivity index (χ3n) is 9.07. The highest BCUT2D eigenvalue weighted by molar-refractivity contribution is 7.45. The molecule has 0 aliphatic heterocycles. The Balaban J connectivity index is 4.26. The van der Waals surface area contributed by atoms with Crippen molar-refractivity contribution in [2.75, 3.05) is 54.1 Å². The number of allylic oxidation sites excluding steroid dienone is 2. The standard InChI is InChI=1S/C41H82NO7P/c1-6-8-10-12-14-16-18-20-21-22-24-26-28-30-32-34-41(43)49-40(39-48-50(44,45)47-37-35-42(3,4)5)38-46-36-33-31-29-27-25-23-19-17-15-13-11-9-7-2/h20-21,40H,6-19,22-39H2,1-5H3/b21-20-. The van der Waals surface area contributed by atoms with Crippen molar-refractivity contribution in [1.29, 1.82) is 0 Å². The lowest BCUT2D eigenvalue weighted by molar-refractivity contribution is -0.870. The second-order valence-corrected chi connectivity index (χ2v) is 16.8. The first-order valence-electron chi connectivity index (χ1n) is 20.9. The first kappa shape index (κ1) is 49.2. The van der Waals surface area contributed by atoms with Gasteiger partial charge in [-0.25, -0.2) is 0 Å². The molecule has 9 heteroatoms.